The quantitative estimate of drug-likeness (QED) is 0.817. The van der Waals surface area contributed by atoms with Gasteiger partial charge in [-0.1, -0.05) is 0 Å². The number of hydrogen-bond donors (Lipinski definition) is 1. The molecule has 0 saturated carbocycles. The van der Waals surface area contributed by atoms with Crippen molar-refractivity contribution in [1.82, 2.24) is 4.98 Å². The summed E-state index contributed by atoms with van der Waals surface area (Å²) in [6, 6.07) is 7.37. The summed E-state index contributed by atoms with van der Waals surface area (Å²) in [4.78, 5) is 42.0. The Balaban J connectivity index is 2.35. The number of ether oxygens (including phenoxy) is 2. The molecule has 0 fully saturated rings. The smallest absolute Gasteiger partial charge is 0.337 e. The molecule has 136 valence electrons. The Morgan fingerprint density at radius 2 is 1.50 bits per heavy atom. The first-order valence-corrected chi connectivity index (χ1v) is 7.62. The number of esters is 2. The zero-order valence-electron chi connectivity index (χ0n) is 14.9. The molecule has 2 aromatic rings. The first-order valence-electron chi connectivity index (χ1n) is 7.62. The van der Waals surface area contributed by atoms with Crippen LogP contribution in [0.5, 0.6) is 0 Å². The Morgan fingerprint density at radius 1 is 0.923 bits per heavy atom. The van der Waals surface area contributed by atoms with Gasteiger partial charge in [-0.05, 0) is 30.3 Å². The number of nitrogens with one attached hydrogen (secondary N) is 1. The fourth-order valence-electron chi connectivity index (χ4n) is 2.18. The second-order valence-electron chi connectivity index (χ2n) is 5.53. The first-order chi connectivity index (χ1) is 12.3. The lowest BCUT2D eigenvalue weighted by Crippen LogP contribution is -2.16. The molecule has 1 heterocycles. The van der Waals surface area contributed by atoms with E-state index in [2.05, 4.69) is 19.8 Å². The molecule has 1 aromatic carbocycles. The summed E-state index contributed by atoms with van der Waals surface area (Å²) in [5, 5.41) is 2.66. The molecule has 0 aliphatic rings. The normalized spacial score (nSPS) is 10.0. The van der Waals surface area contributed by atoms with Gasteiger partial charge in [-0.25, -0.2) is 14.6 Å². The number of aromatic nitrogens is 1. The molecular formula is C18H19N3O5. The number of amides is 1. The largest absolute Gasteiger partial charge is 0.465 e. The van der Waals surface area contributed by atoms with Crippen LogP contribution in [0.3, 0.4) is 0 Å². The Morgan fingerprint density at radius 3 is 2.00 bits per heavy atom. The van der Waals surface area contributed by atoms with Crippen LogP contribution in [0.25, 0.3) is 0 Å². The Kier molecular flexibility index (Phi) is 5.90. The zero-order valence-corrected chi connectivity index (χ0v) is 14.9. The number of pyridine rings is 1. The standard InChI is InChI=1S/C18H19N3O5/c1-21(2)15-10-11(5-6-19-15)16(22)20-14-8-12(17(23)25-3)7-13(9-14)18(24)26-4/h5-10H,1-4H3,(H,20,22). The number of nitrogens with zero attached hydrogens (tertiary/aromatic N) is 2. The highest BCUT2D eigenvalue weighted by Crippen LogP contribution is 2.19. The maximum absolute atomic E-state index is 12.5. The number of benzene rings is 1. The first kappa shape index (κ1) is 18.9. The summed E-state index contributed by atoms with van der Waals surface area (Å²) in [7, 11) is 6.08. The van der Waals surface area contributed by atoms with Gasteiger partial charge in [0.1, 0.15) is 5.82 Å². The number of carbonyl (C=O) groups excluding carboxylic acids is 3. The Hall–Kier alpha value is -3.42. The molecule has 8 heteroatoms. The third kappa shape index (κ3) is 4.35. The van der Waals surface area contributed by atoms with E-state index in [1.54, 1.807) is 17.0 Å². The van der Waals surface area contributed by atoms with Gasteiger partial charge in [-0.2, -0.15) is 0 Å². The van der Waals surface area contributed by atoms with Crippen molar-refractivity contribution in [2.75, 3.05) is 38.5 Å². The van der Waals surface area contributed by atoms with E-state index >= 15 is 0 Å². The number of hydrogen-bond acceptors (Lipinski definition) is 7. The molecule has 0 bridgehead atoms. The second-order valence-corrected chi connectivity index (χ2v) is 5.53. The van der Waals surface area contributed by atoms with Crippen LogP contribution < -0.4 is 10.2 Å². The van der Waals surface area contributed by atoms with E-state index in [9.17, 15) is 14.4 Å². The van der Waals surface area contributed by atoms with Gasteiger partial charge in [-0.15, -0.1) is 0 Å². The summed E-state index contributed by atoms with van der Waals surface area (Å²) >= 11 is 0. The van der Waals surface area contributed by atoms with Gasteiger partial charge in [-0.3, -0.25) is 4.79 Å². The van der Waals surface area contributed by atoms with Crippen molar-refractivity contribution < 1.29 is 23.9 Å². The fraction of sp³-hybridized carbons (Fsp3) is 0.222. The molecule has 0 unspecified atom stereocenters. The minimum absolute atomic E-state index is 0.120. The summed E-state index contributed by atoms with van der Waals surface area (Å²) in [6.07, 6.45) is 1.52. The molecular weight excluding hydrogens is 338 g/mol. The van der Waals surface area contributed by atoms with Gasteiger partial charge in [0.25, 0.3) is 5.91 Å². The van der Waals surface area contributed by atoms with Crippen LogP contribution in [0.2, 0.25) is 0 Å². The van der Waals surface area contributed by atoms with Gasteiger partial charge in [0.15, 0.2) is 0 Å². The van der Waals surface area contributed by atoms with E-state index in [4.69, 9.17) is 0 Å². The zero-order chi connectivity index (χ0) is 19.3. The summed E-state index contributed by atoms with van der Waals surface area (Å²) < 4.78 is 9.35. The molecule has 0 aliphatic heterocycles. The molecule has 1 amide bonds. The predicted octanol–water partition coefficient (Wildman–Crippen LogP) is 1.97. The van der Waals surface area contributed by atoms with Crippen molar-refractivity contribution in [3.63, 3.8) is 0 Å². The van der Waals surface area contributed by atoms with E-state index < -0.39 is 17.8 Å². The van der Waals surface area contributed by atoms with E-state index in [-0.39, 0.29) is 16.8 Å². The second kappa shape index (κ2) is 8.11. The lowest BCUT2D eigenvalue weighted by molar-refractivity contribution is 0.0599. The minimum atomic E-state index is -0.634. The fourth-order valence-corrected chi connectivity index (χ4v) is 2.18. The number of rotatable bonds is 5. The lowest BCUT2D eigenvalue weighted by atomic mass is 10.1. The maximum atomic E-state index is 12.5. The summed E-state index contributed by atoms with van der Waals surface area (Å²) in [5.74, 6) is -1.06. The molecule has 1 N–H and O–H groups in total. The molecule has 2 rings (SSSR count). The van der Waals surface area contributed by atoms with Gasteiger partial charge in [0.05, 0.1) is 25.3 Å². The van der Waals surface area contributed by atoms with Crippen LogP contribution >= 0.6 is 0 Å². The molecule has 0 spiro atoms. The highest BCUT2D eigenvalue weighted by Gasteiger charge is 2.16. The number of anilines is 2. The van der Waals surface area contributed by atoms with E-state index in [1.807, 2.05) is 14.1 Å². The van der Waals surface area contributed by atoms with Crippen molar-refractivity contribution >= 4 is 29.4 Å². The maximum Gasteiger partial charge on any atom is 0.337 e. The number of carbonyl (C=O) groups is 3. The third-order valence-corrected chi connectivity index (χ3v) is 3.50. The van der Waals surface area contributed by atoms with Crippen LogP contribution in [0.4, 0.5) is 11.5 Å². The van der Waals surface area contributed by atoms with Crippen molar-refractivity contribution in [2.24, 2.45) is 0 Å². The topological polar surface area (TPSA) is 97.8 Å². The molecule has 0 atom stereocenters. The number of methoxy groups -OCH3 is 2. The average Bonchev–Trinajstić information content (AvgIpc) is 2.66. The van der Waals surface area contributed by atoms with Crippen LogP contribution in [-0.2, 0) is 9.47 Å². The highest BCUT2D eigenvalue weighted by atomic mass is 16.5. The van der Waals surface area contributed by atoms with Crippen LogP contribution in [0.1, 0.15) is 31.1 Å². The van der Waals surface area contributed by atoms with Gasteiger partial charge in [0.2, 0.25) is 0 Å². The average molecular weight is 357 g/mol. The van der Waals surface area contributed by atoms with Crippen LogP contribution in [-0.4, -0.2) is 51.1 Å². The molecule has 8 nitrogen and oxygen atoms in total. The summed E-state index contributed by atoms with van der Waals surface area (Å²) in [5.41, 5.74) is 0.886. The van der Waals surface area contributed by atoms with E-state index in [1.165, 1.54) is 38.6 Å². The Bertz CT molecular complexity index is 814. The monoisotopic (exact) mass is 357 g/mol. The molecule has 0 aliphatic carbocycles. The van der Waals surface area contributed by atoms with Gasteiger partial charge >= 0.3 is 11.9 Å². The lowest BCUT2D eigenvalue weighted by Gasteiger charge is -2.13. The summed E-state index contributed by atoms with van der Waals surface area (Å²) in [6.45, 7) is 0. The highest BCUT2D eigenvalue weighted by molar-refractivity contribution is 6.06. The van der Waals surface area contributed by atoms with Crippen molar-refractivity contribution in [1.29, 1.82) is 0 Å². The molecule has 1 aromatic heterocycles. The van der Waals surface area contributed by atoms with E-state index in [0.717, 1.165) is 0 Å². The van der Waals surface area contributed by atoms with Crippen molar-refractivity contribution in [2.45, 2.75) is 0 Å². The van der Waals surface area contributed by atoms with Crippen LogP contribution in [0, 0.1) is 0 Å². The third-order valence-electron chi connectivity index (χ3n) is 3.50. The minimum Gasteiger partial charge on any atom is -0.465 e. The van der Waals surface area contributed by atoms with Gasteiger partial charge < -0.3 is 19.7 Å². The Labute approximate surface area is 150 Å². The predicted molar refractivity (Wildman–Crippen MR) is 95.6 cm³/mol. The van der Waals surface area contributed by atoms with Crippen LogP contribution in [0.15, 0.2) is 36.5 Å². The molecule has 0 radical (unpaired) electrons. The SMILES string of the molecule is COC(=O)c1cc(NC(=O)c2ccnc(N(C)C)c2)cc(C(=O)OC)c1. The van der Waals surface area contributed by atoms with E-state index in [0.29, 0.717) is 11.4 Å². The van der Waals surface area contributed by atoms with Crippen molar-refractivity contribution in [3.8, 4) is 0 Å². The van der Waals surface area contributed by atoms with Crippen molar-refractivity contribution in [3.05, 3.63) is 53.2 Å². The molecule has 0 saturated heterocycles. The van der Waals surface area contributed by atoms with Gasteiger partial charge in [0, 0.05) is 31.5 Å². The molecule has 26 heavy (non-hydrogen) atoms.